The zero-order valence-corrected chi connectivity index (χ0v) is 15.4. The summed E-state index contributed by atoms with van der Waals surface area (Å²) >= 11 is 0. The molecule has 3 heteroatoms. The van der Waals surface area contributed by atoms with Crippen molar-refractivity contribution in [1.29, 1.82) is 0 Å². The molecule has 0 radical (unpaired) electrons. The average Bonchev–Trinajstić information content (AvgIpc) is 3.13. The number of benzene rings is 2. The van der Waals surface area contributed by atoms with E-state index in [9.17, 15) is 4.39 Å². The molecule has 2 aromatic carbocycles. The van der Waals surface area contributed by atoms with Crippen LogP contribution in [-0.2, 0) is 6.42 Å². The Bertz CT molecular complexity index is 677. The third kappa shape index (κ3) is 4.33. The first-order valence-electron chi connectivity index (χ1n) is 10.0. The lowest BCUT2D eigenvalue weighted by Crippen LogP contribution is -2.39. The van der Waals surface area contributed by atoms with Crippen molar-refractivity contribution in [3.63, 3.8) is 0 Å². The highest BCUT2D eigenvalue weighted by Gasteiger charge is 2.31. The monoisotopic (exact) mass is 352 g/mol. The van der Waals surface area contributed by atoms with E-state index in [-0.39, 0.29) is 5.82 Å². The van der Waals surface area contributed by atoms with Crippen molar-refractivity contribution in [2.24, 2.45) is 11.8 Å². The predicted octanol–water partition coefficient (Wildman–Crippen LogP) is 4.08. The molecular formula is C23H29FN2. The van der Waals surface area contributed by atoms with Gasteiger partial charge in [0.15, 0.2) is 0 Å². The lowest BCUT2D eigenvalue weighted by atomic mass is 9.86. The van der Waals surface area contributed by atoms with E-state index < -0.39 is 0 Å². The minimum absolute atomic E-state index is 0.142. The van der Waals surface area contributed by atoms with Crippen LogP contribution < -0.4 is 5.32 Å². The normalized spacial score (nSPS) is 24.8. The number of nitrogens with one attached hydrogen (secondary N) is 1. The molecule has 1 N–H and O–H groups in total. The molecule has 138 valence electrons. The van der Waals surface area contributed by atoms with Crippen LogP contribution in [0.5, 0.6) is 0 Å². The highest BCUT2D eigenvalue weighted by Crippen LogP contribution is 2.30. The van der Waals surface area contributed by atoms with Gasteiger partial charge in [0, 0.05) is 19.0 Å². The van der Waals surface area contributed by atoms with Crippen molar-refractivity contribution in [1.82, 2.24) is 10.2 Å². The topological polar surface area (TPSA) is 15.3 Å². The maximum atomic E-state index is 13.2. The molecular weight excluding hydrogens is 323 g/mol. The van der Waals surface area contributed by atoms with Crippen LogP contribution in [0.25, 0.3) is 0 Å². The third-order valence-electron chi connectivity index (χ3n) is 6.21. The molecule has 0 bridgehead atoms. The van der Waals surface area contributed by atoms with Gasteiger partial charge in [0.25, 0.3) is 0 Å². The molecule has 0 spiro atoms. The van der Waals surface area contributed by atoms with Gasteiger partial charge < -0.3 is 10.2 Å². The Labute approximate surface area is 156 Å². The van der Waals surface area contributed by atoms with Gasteiger partial charge in [0.05, 0.1) is 0 Å². The lowest BCUT2D eigenvalue weighted by Gasteiger charge is -2.34. The first-order chi connectivity index (χ1) is 12.8. The Morgan fingerprint density at radius 2 is 1.65 bits per heavy atom. The SMILES string of the molecule is Fc1ccc(C2CNCC2CN2CCC(Cc3ccccc3)CC2)cc1. The summed E-state index contributed by atoms with van der Waals surface area (Å²) in [5, 5.41) is 3.55. The van der Waals surface area contributed by atoms with Crippen molar-refractivity contribution >= 4 is 0 Å². The van der Waals surface area contributed by atoms with Crippen molar-refractivity contribution in [3.8, 4) is 0 Å². The van der Waals surface area contributed by atoms with E-state index in [1.165, 1.54) is 43.5 Å². The van der Waals surface area contributed by atoms with Crippen molar-refractivity contribution in [2.45, 2.75) is 25.2 Å². The molecule has 0 aromatic heterocycles. The van der Waals surface area contributed by atoms with Gasteiger partial charge in [-0.1, -0.05) is 42.5 Å². The summed E-state index contributed by atoms with van der Waals surface area (Å²) in [6.07, 6.45) is 3.82. The first kappa shape index (κ1) is 17.7. The molecule has 2 saturated heterocycles. The van der Waals surface area contributed by atoms with Crippen molar-refractivity contribution < 1.29 is 4.39 Å². The van der Waals surface area contributed by atoms with E-state index in [0.717, 1.165) is 25.6 Å². The Kier molecular flexibility index (Phi) is 5.66. The van der Waals surface area contributed by atoms with Crippen molar-refractivity contribution in [3.05, 3.63) is 71.5 Å². The number of nitrogens with zero attached hydrogens (tertiary/aromatic N) is 1. The Balaban J connectivity index is 1.29. The summed E-state index contributed by atoms with van der Waals surface area (Å²) in [7, 11) is 0. The lowest BCUT2D eigenvalue weighted by molar-refractivity contribution is 0.159. The smallest absolute Gasteiger partial charge is 0.123 e. The Morgan fingerprint density at radius 1 is 0.923 bits per heavy atom. The maximum Gasteiger partial charge on any atom is 0.123 e. The van der Waals surface area contributed by atoms with E-state index >= 15 is 0 Å². The van der Waals surface area contributed by atoms with Gasteiger partial charge in [-0.25, -0.2) is 4.39 Å². The van der Waals surface area contributed by atoms with Gasteiger partial charge in [-0.15, -0.1) is 0 Å². The van der Waals surface area contributed by atoms with E-state index in [2.05, 4.69) is 40.5 Å². The van der Waals surface area contributed by atoms with Crippen LogP contribution in [0.2, 0.25) is 0 Å². The van der Waals surface area contributed by atoms with E-state index in [0.29, 0.717) is 11.8 Å². The van der Waals surface area contributed by atoms with Gasteiger partial charge in [0.2, 0.25) is 0 Å². The number of rotatable bonds is 5. The number of halogens is 1. The van der Waals surface area contributed by atoms with Crippen LogP contribution >= 0.6 is 0 Å². The second-order valence-electron chi connectivity index (χ2n) is 8.01. The summed E-state index contributed by atoms with van der Waals surface area (Å²) in [5.74, 6) is 1.82. The van der Waals surface area contributed by atoms with Crippen LogP contribution in [0, 0.1) is 17.7 Å². The predicted molar refractivity (Wildman–Crippen MR) is 105 cm³/mol. The van der Waals surface area contributed by atoms with Crippen LogP contribution in [0.3, 0.4) is 0 Å². The number of likely N-dealkylation sites (tertiary alicyclic amines) is 1. The fourth-order valence-electron chi connectivity index (χ4n) is 4.68. The quantitative estimate of drug-likeness (QED) is 0.872. The molecule has 0 saturated carbocycles. The van der Waals surface area contributed by atoms with Gasteiger partial charge >= 0.3 is 0 Å². The van der Waals surface area contributed by atoms with Crippen LogP contribution in [0.4, 0.5) is 4.39 Å². The summed E-state index contributed by atoms with van der Waals surface area (Å²) in [5.41, 5.74) is 2.75. The molecule has 2 aliphatic heterocycles. The van der Waals surface area contributed by atoms with Crippen LogP contribution in [-0.4, -0.2) is 37.6 Å². The molecule has 2 atom stereocenters. The van der Waals surface area contributed by atoms with E-state index in [4.69, 9.17) is 0 Å². The molecule has 2 aromatic rings. The average molecular weight is 352 g/mol. The zero-order chi connectivity index (χ0) is 17.8. The first-order valence-corrected chi connectivity index (χ1v) is 10.0. The van der Waals surface area contributed by atoms with E-state index in [1.54, 1.807) is 12.1 Å². The van der Waals surface area contributed by atoms with Crippen molar-refractivity contribution in [2.75, 3.05) is 32.7 Å². The van der Waals surface area contributed by atoms with E-state index in [1.807, 2.05) is 12.1 Å². The van der Waals surface area contributed by atoms with Gasteiger partial charge in [-0.2, -0.15) is 0 Å². The molecule has 2 aliphatic rings. The summed E-state index contributed by atoms with van der Waals surface area (Å²) in [4.78, 5) is 2.65. The molecule has 0 amide bonds. The minimum atomic E-state index is -0.142. The molecule has 26 heavy (non-hydrogen) atoms. The molecule has 2 fully saturated rings. The second kappa shape index (κ2) is 8.32. The molecule has 2 heterocycles. The molecule has 2 unspecified atom stereocenters. The van der Waals surface area contributed by atoms with Gasteiger partial charge in [-0.05, 0) is 74.0 Å². The standard InChI is InChI=1S/C23H29FN2/c24-22-8-6-20(7-9-22)23-16-25-15-21(23)17-26-12-10-19(11-13-26)14-18-4-2-1-3-5-18/h1-9,19,21,23,25H,10-17H2. The summed E-state index contributed by atoms with van der Waals surface area (Å²) in [6.45, 7) is 5.67. The van der Waals surface area contributed by atoms with Crippen LogP contribution in [0.1, 0.15) is 29.9 Å². The maximum absolute atomic E-state index is 13.2. The minimum Gasteiger partial charge on any atom is -0.316 e. The fourth-order valence-corrected chi connectivity index (χ4v) is 4.68. The second-order valence-corrected chi connectivity index (χ2v) is 8.01. The largest absolute Gasteiger partial charge is 0.316 e. The summed E-state index contributed by atoms with van der Waals surface area (Å²) < 4.78 is 13.2. The third-order valence-corrected chi connectivity index (χ3v) is 6.21. The van der Waals surface area contributed by atoms with Gasteiger partial charge in [0.1, 0.15) is 5.82 Å². The summed E-state index contributed by atoms with van der Waals surface area (Å²) in [6, 6.07) is 18.0. The fraction of sp³-hybridized carbons (Fsp3) is 0.478. The van der Waals surface area contributed by atoms with Crippen LogP contribution in [0.15, 0.2) is 54.6 Å². The highest BCUT2D eigenvalue weighted by atomic mass is 19.1. The Morgan fingerprint density at radius 3 is 2.38 bits per heavy atom. The number of hydrogen-bond acceptors (Lipinski definition) is 2. The number of piperidine rings is 1. The molecule has 0 aliphatic carbocycles. The molecule has 2 nitrogen and oxygen atoms in total. The van der Waals surface area contributed by atoms with Gasteiger partial charge in [-0.3, -0.25) is 0 Å². The Hall–Kier alpha value is -1.71. The zero-order valence-electron chi connectivity index (χ0n) is 15.4. The number of hydrogen-bond donors (Lipinski definition) is 1. The molecule has 4 rings (SSSR count). The highest BCUT2D eigenvalue weighted by molar-refractivity contribution is 5.23.